The zero-order valence-corrected chi connectivity index (χ0v) is 13.9. The van der Waals surface area contributed by atoms with Crippen LogP contribution in [0.5, 0.6) is 0 Å². The van der Waals surface area contributed by atoms with Crippen LogP contribution in [0.4, 0.5) is 0 Å². The highest BCUT2D eigenvalue weighted by molar-refractivity contribution is 6.36. The molecule has 0 heterocycles. The second kappa shape index (κ2) is 6.88. The van der Waals surface area contributed by atoms with Crippen molar-refractivity contribution in [3.8, 4) is 0 Å². The standard InChI is InChI=1S/C16H19Cl2NO3/c1-10(8-11-12(17)4-2-5-13(11)18)19-14(20)9-16(15(21)22)6-3-7-16/h2,4-5,10H,3,6-9H2,1H3,(H,19,20)(H,21,22). The van der Waals surface area contributed by atoms with Crippen LogP contribution in [-0.4, -0.2) is 23.0 Å². The Kier molecular flexibility index (Phi) is 5.35. The van der Waals surface area contributed by atoms with Gasteiger partial charge in [-0.05, 0) is 43.9 Å². The first-order valence-electron chi connectivity index (χ1n) is 7.30. The molecule has 4 nitrogen and oxygen atoms in total. The molecule has 2 N–H and O–H groups in total. The Morgan fingerprint density at radius 2 is 1.91 bits per heavy atom. The quantitative estimate of drug-likeness (QED) is 0.827. The van der Waals surface area contributed by atoms with Crippen molar-refractivity contribution in [2.75, 3.05) is 0 Å². The number of hydrogen-bond acceptors (Lipinski definition) is 2. The van der Waals surface area contributed by atoms with Crippen LogP contribution in [0.1, 0.15) is 38.2 Å². The van der Waals surface area contributed by atoms with Crippen molar-refractivity contribution < 1.29 is 14.7 Å². The molecule has 1 atom stereocenters. The number of hydrogen-bond donors (Lipinski definition) is 2. The number of benzene rings is 1. The average Bonchev–Trinajstić information content (AvgIpc) is 2.38. The Balaban J connectivity index is 1.93. The first kappa shape index (κ1) is 17.1. The van der Waals surface area contributed by atoms with Gasteiger partial charge in [-0.2, -0.15) is 0 Å². The molecule has 0 radical (unpaired) electrons. The maximum atomic E-state index is 12.1. The predicted octanol–water partition coefficient (Wildman–Crippen LogP) is 3.69. The van der Waals surface area contributed by atoms with Crippen molar-refractivity contribution in [3.05, 3.63) is 33.8 Å². The summed E-state index contributed by atoms with van der Waals surface area (Å²) in [4.78, 5) is 23.4. The van der Waals surface area contributed by atoms with Crippen molar-refractivity contribution >= 4 is 35.1 Å². The van der Waals surface area contributed by atoms with E-state index in [1.165, 1.54) is 0 Å². The molecule has 2 rings (SSSR count). The third-order valence-corrected chi connectivity index (χ3v) is 4.95. The maximum Gasteiger partial charge on any atom is 0.310 e. The van der Waals surface area contributed by atoms with E-state index in [0.717, 1.165) is 12.0 Å². The van der Waals surface area contributed by atoms with Crippen LogP contribution in [0.2, 0.25) is 10.0 Å². The summed E-state index contributed by atoms with van der Waals surface area (Å²) in [7, 11) is 0. The van der Waals surface area contributed by atoms with Gasteiger partial charge in [0.1, 0.15) is 0 Å². The van der Waals surface area contributed by atoms with E-state index >= 15 is 0 Å². The SMILES string of the molecule is CC(Cc1c(Cl)cccc1Cl)NC(=O)CC1(C(=O)O)CCC1. The number of carboxylic acid groups (broad SMARTS) is 1. The second-order valence-corrected chi connectivity index (χ2v) is 6.80. The zero-order valence-electron chi connectivity index (χ0n) is 12.4. The molecule has 120 valence electrons. The minimum absolute atomic E-state index is 0.0307. The van der Waals surface area contributed by atoms with Crippen LogP contribution >= 0.6 is 23.2 Å². The molecule has 0 aromatic heterocycles. The van der Waals surface area contributed by atoms with Crippen molar-refractivity contribution in [2.45, 2.75) is 45.1 Å². The number of rotatable bonds is 6. The molecule has 0 aliphatic heterocycles. The van der Waals surface area contributed by atoms with Gasteiger partial charge in [0.25, 0.3) is 0 Å². The molecule has 1 aliphatic rings. The molecular formula is C16H19Cl2NO3. The normalized spacial score (nSPS) is 17.4. The van der Waals surface area contributed by atoms with E-state index in [1.54, 1.807) is 18.2 Å². The molecule has 1 aromatic rings. The topological polar surface area (TPSA) is 66.4 Å². The molecule has 1 amide bonds. The molecule has 0 bridgehead atoms. The van der Waals surface area contributed by atoms with Gasteiger partial charge in [0.05, 0.1) is 5.41 Å². The van der Waals surface area contributed by atoms with Gasteiger partial charge in [0, 0.05) is 22.5 Å². The lowest BCUT2D eigenvalue weighted by atomic mass is 9.66. The first-order chi connectivity index (χ1) is 10.3. The largest absolute Gasteiger partial charge is 0.481 e. The summed E-state index contributed by atoms with van der Waals surface area (Å²) in [5, 5.41) is 13.2. The fourth-order valence-electron chi connectivity index (χ4n) is 2.79. The zero-order chi connectivity index (χ0) is 16.3. The van der Waals surface area contributed by atoms with Gasteiger partial charge in [-0.15, -0.1) is 0 Å². The van der Waals surface area contributed by atoms with E-state index in [2.05, 4.69) is 5.32 Å². The molecule has 1 fully saturated rings. The van der Waals surface area contributed by atoms with Gasteiger partial charge in [-0.1, -0.05) is 35.7 Å². The summed E-state index contributed by atoms with van der Waals surface area (Å²) in [6, 6.07) is 5.11. The van der Waals surface area contributed by atoms with Crippen LogP contribution in [0.15, 0.2) is 18.2 Å². The molecule has 1 aromatic carbocycles. The van der Waals surface area contributed by atoms with Gasteiger partial charge in [-0.25, -0.2) is 0 Å². The smallest absolute Gasteiger partial charge is 0.310 e. The number of carbonyl (C=O) groups is 2. The third kappa shape index (κ3) is 3.73. The van der Waals surface area contributed by atoms with E-state index in [1.807, 2.05) is 6.92 Å². The van der Waals surface area contributed by atoms with Gasteiger partial charge in [0.15, 0.2) is 0 Å². The Labute approximate surface area is 139 Å². The summed E-state index contributed by atoms with van der Waals surface area (Å²) in [6.07, 6.45) is 2.54. The monoisotopic (exact) mass is 343 g/mol. The van der Waals surface area contributed by atoms with Crippen LogP contribution in [0.25, 0.3) is 0 Å². The summed E-state index contributed by atoms with van der Waals surface area (Å²) in [5.74, 6) is -1.12. The number of carbonyl (C=O) groups excluding carboxylic acids is 1. The van der Waals surface area contributed by atoms with Gasteiger partial charge >= 0.3 is 5.97 Å². The summed E-state index contributed by atoms with van der Waals surface area (Å²) < 4.78 is 0. The highest BCUT2D eigenvalue weighted by Gasteiger charge is 2.45. The predicted molar refractivity (Wildman–Crippen MR) is 86.3 cm³/mol. The van der Waals surface area contributed by atoms with Gasteiger partial charge in [0.2, 0.25) is 5.91 Å². The van der Waals surface area contributed by atoms with Gasteiger partial charge < -0.3 is 10.4 Å². The molecule has 6 heteroatoms. The summed E-state index contributed by atoms with van der Waals surface area (Å²) >= 11 is 12.2. The molecule has 1 unspecified atom stereocenters. The van der Waals surface area contributed by atoms with E-state index in [9.17, 15) is 14.7 Å². The van der Waals surface area contributed by atoms with Crippen LogP contribution in [-0.2, 0) is 16.0 Å². The lowest BCUT2D eigenvalue weighted by Gasteiger charge is -2.37. The average molecular weight is 344 g/mol. The van der Waals surface area contributed by atoms with Crippen LogP contribution in [0.3, 0.4) is 0 Å². The van der Waals surface area contributed by atoms with E-state index in [4.69, 9.17) is 23.2 Å². The van der Waals surface area contributed by atoms with E-state index in [-0.39, 0.29) is 18.4 Å². The molecule has 0 saturated heterocycles. The van der Waals surface area contributed by atoms with Crippen molar-refractivity contribution in [3.63, 3.8) is 0 Å². The lowest BCUT2D eigenvalue weighted by molar-refractivity contribution is -0.157. The van der Waals surface area contributed by atoms with Crippen molar-refractivity contribution in [1.29, 1.82) is 0 Å². The molecule has 22 heavy (non-hydrogen) atoms. The van der Waals surface area contributed by atoms with Crippen LogP contribution < -0.4 is 5.32 Å². The first-order valence-corrected chi connectivity index (χ1v) is 8.05. The number of halogens is 2. The number of nitrogens with one attached hydrogen (secondary N) is 1. The molecule has 1 saturated carbocycles. The van der Waals surface area contributed by atoms with E-state index < -0.39 is 11.4 Å². The lowest BCUT2D eigenvalue weighted by Crippen LogP contribution is -2.44. The number of amides is 1. The van der Waals surface area contributed by atoms with Crippen molar-refractivity contribution in [1.82, 2.24) is 5.32 Å². The minimum Gasteiger partial charge on any atom is -0.481 e. The Bertz CT molecular complexity index is 565. The van der Waals surface area contributed by atoms with Crippen molar-refractivity contribution in [2.24, 2.45) is 5.41 Å². The maximum absolute atomic E-state index is 12.1. The Morgan fingerprint density at radius 1 is 1.32 bits per heavy atom. The fraction of sp³-hybridized carbons (Fsp3) is 0.500. The Morgan fingerprint density at radius 3 is 2.36 bits per heavy atom. The summed E-state index contributed by atoms with van der Waals surface area (Å²) in [6.45, 7) is 1.85. The van der Waals surface area contributed by atoms with Gasteiger partial charge in [-0.3, -0.25) is 9.59 Å². The minimum atomic E-state index is -0.879. The molecular weight excluding hydrogens is 325 g/mol. The fourth-order valence-corrected chi connectivity index (χ4v) is 3.34. The Hall–Kier alpha value is -1.26. The third-order valence-electron chi connectivity index (χ3n) is 4.24. The molecule has 1 aliphatic carbocycles. The highest BCUT2D eigenvalue weighted by Crippen LogP contribution is 2.44. The number of carboxylic acids is 1. The summed E-state index contributed by atoms with van der Waals surface area (Å²) in [5.41, 5.74) is -0.0820. The van der Waals surface area contributed by atoms with Crippen LogP contribution in [0, 0.1) is 5.41 Å². The van der Waals surface area contributed by atoms with E-state index in [0.29, 0.717) is 29.3 Å². The molecule has 0 spiro atoms. The second-order valence-electron chi connectivity index (χ2n) is 5.99. The number of aliphatic carboxylic acids is 1. The highest BCUT2D eigenvalue weighted by atomic mass is 35.5.